The first-order valence-corrected chi connectivity index (χ1v) is 10.4. The van der Waals surface area contributed by atoms with Crippen molar-refractivity contribution < 1.29 is 5.11 Å². The molecule has 0 aliphatic heterocycles. The fourth-order valence-electron chi connectivity index (χ4n) is 4.18. The maximum atomic E-state index is 10.3. The van der Waals surface area contributed by atoms with Crippen LogP contribution in [0.3, 0.4) is 0 Å². The molecule has 2 N–H and O–H groups in total. The van der Waals surface area contributed by atoms with Gasteiger partial charge in [-0.15, -0.1) is 0 Å². The number of aliphatic hydroxyl groups is 1. The lowest BCUT2D eigenvalue weighted by molar-refractivity contribution is 0.221. The highest BCUT2D eigenvalue weighted by Gasteiger charge is 2.37. The molecule has 0 aliphatic carbocycles. The first kappa shape index (κ1) is 20.1. The Morgan fingerprint density at radius 1 is 0.567 bits per heavy atom. The predicted molar refractivity (Wildman–Crippen MR) is 123 cm³/mol. The highest BCUT2D eigenvalue weighted by atomic mass is 16.3. The average molecular weight is 394 g/mol. The monoisotopic (exact) mass is 393 g/mol. The van der Waals surface area contributed by atoms with E-state index >= 15 is 0 Å². The van der Waals surface area contributed by atoms with Gasteiger partial charge in [0.05, 0.1) is 12.1 Å². The van der Waals surface area contributed by atoms with Crippen molar-refractivity contribution in [1.29, 1.82) is 0 Å². The topological polar surface area (TPSA) is 32.3 Å². The minimum absolute atomic E-state index is 0.0448. The number of hydrogen-bond donors (Lipinski definition) is 2. The summed E-state index contributed by atoms with van der Waals surface area (Å²) in [6.45, 7) is 0.0448. The molecule has 0 fully saturated rings. The number of aliphatic hydroxyl groups excluding tert-OH is 1. The van der Waals surface area contributed by atoms with Crippen LogP contribution in [0, 0.1) is 0 Å². The lowest BCUT2D eigenvalue weighted by Crippen LogP contribution is -2.51. The van der Waals surface area contributed by atoms with Crippen LogP contribution in [-0.4, -0.2) is 17.8 Å². The van der Waals surface area contributed by atoms with Gasteiger partial charge in [0.2, 0.25) is 0 Å². The largest absolute Gasteiger partial charge is 0.395 e. The third kappa shape index (κ3) is 4.20. The van der Waals surface area contributed by atoms with Crippen molar-refractivity contribution in [2.45, 2.75) is 18.0 Å². The van der Waals surface area contributed by atoms with Crippen molar-refractivity contribution in [3.63, 3.8) is 0 Å². The fourth-order valence-corrected chi connectivity index (χ4v) is 4.18. The van der Waals surface area contributed by atoms with Crippen molar-refractivity contribution in [2.75, 3.05) is 6.61 Å². The number of hydrogen-bond acceptors (Lipinski definition) is 2. The second kappa shape index (κ2) is 9.53. The van der Waals surface area contributed by atoms with Gasteiger partial charge in [-0.25, -0.2) is 0 Å². The van der Waals surface area contributed by atoms with E-state index in [1.54, 1.807) is 0 Å². The van der Waals surface area contributed by atoms with Gasteiger partial charge in [-0.2, -0.15) is 0 Å². The minimum atomic E-state index is -0.577. The number of nitrogens with one attached hydrogen (secondary N) is 1. The molecule has 0 unspecified atom stereocenters. The molecular formula is C28H27NO. The highest BCUT2D eigenvalue weighted by Crippen LogP contribution is 2.37. The molecule has 2 heteroatoms. The van der Waals surface area contributed by atoms with Gasteiger partial charge in [0.1, 0.15) is 0 Å². The van der Waals surface area contributed by atoms with Crippen molar-refractivity contribution in [3.8, 4) is 0 Å². The summed E-state index contributed by atoms with van der Waals surface area (Å²) < 4.78 is 0. The molecule has 0 aliphatic rings. The van der Waals surface area contributed by atoms with E-state index in [2.05, 4.69) is 90.2 Å². The lowest BCUT2D eigenvalue weighted by atomic mass is 9.76. The highest BCUT2D eigenvalue weighted by molar-refractivity contribution is 5.49. The van der Waals surface area contributed by atoms with Crippen LogP contribution in [0.5, 0.6) is 0 Å². The van der Waals surface area contributed by atoms with Crippen LogP contribution in [0.4, 0.5) is 0 Å². The molecule has 4 aromatic rings. The molecule has 30 heavy (non-hydrogen) atoms. The molecule has 0 radical (unpaired) electrons. The van der Waals surface area contributed by atoms with E-state index in [1.807, 2.05) is 36.4 Å². The Hall–Kier alpha value is -3.20. The van der Waals surface area contributed by atoms with Gasteiger partial charge in [0, 0.05) is 6.04 Å². The molecule has 0 saturated heterocycles. The summed E-state index contributed by atoms with van der Waals surface area (Å²) in [6.07, 6.45) is 0.742. The van der Waals surface area contributed by atoms with E-state index in [0.717, 1.165) is 23.1 Å². The second-order valence-electron chi connectivity index (χ2n) is 7.56. The maximum Gasteiger partial charge on any atom is 0.0950 e. The van der Waals surface area contributed by atoms with Crippen LogP contribution >= 0.6 is 0 Å². The summed E-state index contributed by atoms with van der Waals surface area (Å²) in [5.41, 5.74) is 4.07. The third-order valence-electron chi connectivity index (χ3n) is 5.59. The predicted octanol–water partition coefficient (Wildman–Crippen LogP) is 5.17. The second-order valence-corrected chi connectivity index (χ2v) is 7.56. The molecule has 0 spiro atoms. The van der Waals surface area contributed by atoms with Gasteiger partial charge in [0.25, 0.3) is 0 Å². The zero-order chi connectivity index (χ0) is 20.7. The van der Waals surface area contributed by atoms with Crippen LogP contribution < -0.4 is 5.32 Å². The molecule has 0 bridgehead atoms. The standard InChI is InChI=1S/C28H27NO/c30-22-27(21-23-13-5-1-6-14-23)29-28(24-15-7-2-8-16-24,25-17-9-3-10-18-25)26-19-11-4-12-20-26/h1-20,27,29-30H,21-22H2/t27-/m1/s1. The van der Waals surface area contributed by atoms with Gasteiger partial charge >= 0.3 is 0 Å². The van der Waals surface area contributed by atoms with E-state index in [1.165, 1.54) is 5.56 Å². The fraction of sp³-hybridized carbons (Fsp3) is 0.143. The van der Waals surface area contributed by atoms with Gasteiger partial charge in [0.15, 0.2) is 0 Å². The Labute approximate surface area is 178 Å². The summed E-state index contributed by atoms with van der Waals surface area (Å²) in [6, 6.07) is 41.7. The minimum Gasteiger partial charge on any atom is -0.395 e. The van der Waals surface area contributed by atoms with Gasteiger partial charge in [-0.1, -0.05) is 121 Å². The van der Waals surface area contributed by atoms with Crippen molar-refractivity contribution in [2.24, 2.45) is 0 Å². The molecule has 0 amide bonds. The van der Waals surface area contributed by atoms with Crippen LogP contribution in [0.1, 0.15) is 22.3 Å². The Morgan fingerprint density at radius 2 is 0.933 bits per heavy atom. The Balaban J connectivity index is 1.86. The molecule has 0 aromatic heterocycles. The summed E-state index contributed by atoms with van der Waals surface area (Å²) in [5.74, 6) is 0. The Kier molecular flexibility index (Phi) is 6.38. The third-order valence-corrected chi connectivity index (χ3v) is 5.59. The van der Waals surface area contributed by atoms with Gasteiger partial charge in [-0.3, -0.25) is 5.32 Å². The molecule has 4 aromatic carbocycles. The van der Waals surface area contributed by atoms with Crippen LogP contribution in [-0.2, 0) is 12.0 Å². The summed E-state index contributed by atoms with van der Waals surface area (Å²) in [7, 11) is 0. The summed E-state index contributed by atoms with van der Waals surface area (Å²) in [5, 5.41) is 14.2. The molecule has 4 rings (SSSR count). The van der Waals surface area contributed by atoms with E-state index < -0.39 is 5.54 Å². The van der Waals surface area contributed by atoms with Crippen molar-refractivity contribution in [3.05, 3.63) is 144 Å². The summed E-state index contributed by atoms with van der Waals surface area (Å²) in [4.78, 5) is 0. The molecule has 150 valence electrons. The van der Waals surface area contributed by atoms with Crippen molar-refractivity contribution in [1.82, 2.24) is 5.32 Å². The average Bonchev–Trinajstić information content (AvgIpc) is 2.84. The lowest BCUT2D eigenvalue weighted by Gasteiger charge is -2.40. The van der Waals surface area contributed by atoms with Gasteiger partial charge in [-0.05, 0) is 28.7 Å². The summed E-state index contributed by atoms with van der Waals surface area (Å²) >= 11 is 0. The normalized spacial score (nSPS) is 12.4. The zero-order valence-corrected chi connectivity index (χ0v) is 17.0. The Morgan fingerprint density at radius 3 is 1.30 bits per heavy atom. The van der Waals surface area contributed by atoms with Crippen molar-refractivity contribution >= 4 is 0 Å². The SMILES string of the molecule is OC[C@@H](Cc1ccccc1)NC(c1ccccc1)(c1ccccc1)c1ccccc1. The van der Waals surface area contributed by atoms with Crippen LogP contribution in [0.25, 0.3) is 0 Å². The van der Waals surface area contributed by atoms with Gasteiger partial charge < -0.3 is 5.11 Å². The molecule has 2 nitrogen and oxygen atoms in total. The molecule has 0 heterocycles. The van der Waals surface area contributed by atoms with E-state index in [9.17, 15) is 5.11 Å². The molecule has 1 atom stereocenters. The number of benzene rings is 4. The molecule has 0 saturated carbocycles. The smallest absolute Gasteiger partial charge is 0.0950 e. The zero-order valence-electron chi connectivity index (χ0n) is 17.0. The van der Waals surface area contributed by atoms with E-state index in [4.69, 9.17) is 0 Å². The maximum absolute atomic E-state index is 10.3. The van der Waals surface area contributed by atoms with Crippen LogP contribution in [0.2, 0.25) is 0 Å². The van der Waals surface area contributed by atoms with Crippen LogP contribution in [0.15, 0.2) is 121 Å². The van der Waals surface area contributed by atoms with E-state index in [-0.39, 0.29) is 12.6 Å². The first-order valence-electron chi connectivity index (χ1n) is 10.4. The first-order chi connectivity index (χ1) is 14.8. The Bertz CT molecular complexity index is 921. The number of rotatable bonds is 8. The quantitative estimate of drug-likeness (QED) is 0.405. The van der Waals surface area contributed by atoms with E-state index in [0.29, 0.717) is 0 Å². The molecular weight excluding hydrogens is 366 g/mol.